The minimum Gasteiger partial charge on any atom is -0.457 e. The first-order chi connectivity index (χ1) is 15.7. The first kappa shape index (κ1) is 21.9. The lowest BCUT2D eigenvalue weighted by Crippen LogP contribution is -2.36. The van der Waals surface area contributed by atoms with Crippen LogP contribution < -0.4 is 15.0 Å². The number of nitrogens with zero attached hydrogens (tertiary/aromatic N) is 2. The molecule has 6 nitrogen and oxygen atoms in total. The largest absolute Gasteiger partial charge is 0.457 e. The van der Waals surface area contributed by atoms with E-state index in [0.29, 0.717) is 6.54 Å². The fourth-order valence-electron chi connectivity index (χ4n) is 3.72. The van der Waals surface area contributed by atoms with E-state index in [2.05, 4.69) is 10.2 Å². The summed E-state index contributed by atoms with van der Waals surface area (Å²) in [7, 11) is 1.93. The van der Waals surface area contributed by atoms with E-state index in [-0.39, 0.29) is 12.5 Å². The molecule has 32 heavy (non-hydrogen) atoms. The Morgan fingerprint density at radius 2 is 1.66 bits per heavy atom. The molecule has 0 bridgehead atoms. The summed E-state index contributed by atoms with van der Waals surface area (Å²) in [5, 5.41) is 2.99. The number of nitrogens with one attached hydrogen (secondary N) is 1. The van der Waals surface area contributed by atoms with Crippen molar-refractivity contribution in [2.75, 3.05) is 50.1 Å². The zero-order valence-electron chi connectivity index (χ0n) is 18.4. The van der Waals surface area contributed by atoms with E-state index in [1.807, 2.05) is 90.8 Å². The van der Waals surface area contributed by atoms with E-state index < -0.39 is 0 Å². The van der Waals surface area contributed by atoms with Gasteiger partial charge in [-0.05, 0) is 49.5 Å². The third-order valence-corrected chi connectivity index (χ3v) is 5.32. The topological polar surface area (TPSA) is 54.0 Å². The lowest BCUT2D eigenvalue weighted by Gasteiger charge is -2.28. The molecule has 0 radical (unpaired) electrons. The van der Waals surface area contributed by atoms with Crippen molar-refractivity contribution >= 4 is 17.3 Å². The van der Waals surface area contributed by atoms with Gasteiger partial charge in [-0.3, -0.25) is 9.69 Å². The van der Waals surface area contributed by atoms with Gasteiger partial charge >= 0.3 is 0 Å². The highest BCUT2D eigenvalue weighted by atomic mass is 16.5. The maximum absolute atomic E-state index is 12.6. The van der Waals surface area contributed by atoms with Gasteiger partial charge in [0.05, 0.1) is 19.8 Å². The molecule has 0 spiro atoms. The van der Waals surface area contributed by atoms with Gasteiger partial charge in [0.2, 0.25) is 5.91 Å². The Bertz CT molecular complexity index is 1000. The molecule has 0 unspecified atom stereocenters. The second-order valence-corrected chi connectivity index (χ2v) is 7.89. The molecule has 4 rings (SSSR count). The minimum absolute atomic E-state index is 0.0481. The van der Waals surface area contributed by atoms with Crippen LogP contribution in [0.2, 0.25) is 0 Å². The van der Waals surface area contributed by atoms with E-state index in [0.717, 1.165) is 54.7 Å². The standard InChI is InChI=1S/C26H29N3O3/c1-28(19-21-7-5-6-10-25(21)32-24-8-3-2-4-9-24)20-26(30)27-22-11-13-23(14-12-22)29-15-17-31-18-16-29/h2-14H,15-20H2,1H3,(H,27,30). The Labute approximate surface area is 189 Å². The molecular formula is C26H29N3O3. The predicted molar refractivity (Wildman–Crippen MR) is 127 cm³/mol. The molecule has 166 valence electrons. The summed E-state index contributed by atoms with van der Waals surface area (Å²) in [6, 6.07) is 25.6. The summed E-state index contributed by atoms with van der Waals surface area (Å²) in [4.78, 5) is 16.8. The maximum Gasteiger partial charge on any atom is 0.238 e. The van der Waals surface area contributed by atoms with Crippen molar-refractivity contribution in [1.82, 2.24) is 4.90 Å². The molecule has 1 heterocycles. The number of carbonyl (C=O) groups excluding carboxylic acids is 1. The fourth-order valence-corrected chi connectivity index (χ4v) is 3.72. The van der Waals surface area contributed by atoms with Crippen molar-refractivity contribution in [2.45, 2.75) is 6.54 Å². The molecule has 0 aliphatic carbocycles. The Morgan fingerprint density at radius 3 is 2.41 bits per heavy atom. The highest BCUT2D eigenvalue weighted by Gasteiger charge is 2.13. The summed E-state index contributed by atoms with van der Waals surface area (Å²) in [6.07, 6.45) is 0. The van der Waals surface area contributed by atoms with Gasteiger partial charge < -0.3 is 19.7 Å². The van der Waals surface area contributed by atoms with Crippen molar-refractivity contribution in [3.63, 3.8) is 0 Å². The van der Waals surface area contributed by atoms with Crippen LogP contribution in [-0.4, -0.2) is 50.7 Å². The number of ether oxygens (including phenoxy) is 2. The predicted octanol–water partition coefficient (Wildman–Crippen LogP) is 4.39. The number of anilines is 2. The van der Waals surface area contributed by atoms with E-state index in [1.165, 1.54) is 0 Å². The van der Waals surface area contributed by atoms with Crippen LogP contribution in [0.4, 0.5) is 11.4 Å². The zero-order chi connectivity index (χ0) is 22.2. The molecule has 3 aromatic rings. The normalized spacial score (nSPS) is 13.8. The third kappa shape index (κ3) is 6.09. The van der Waals surface area contributed by atoms with Crippen molar-refractivity contribution in [3.8, 4) is 11.5 Å². The minimum atomic E-state index is -0.0481. The number of hydrogen-bond acceptors (Lipinski definition) is 5. The molecule has 0 aromatic heterocycles. The molecule has 1 aliphatic heterocycles. The molecule has 1 saturated heterocycles. The average molecular weight is 432 g/mol. The Hall–Kier alpha value is -3.35. The van der Waals surface area contributed by atoms with Gasteiger partial charge in [-0.25, -0.2) is 0 Å². The van der Waals surface area contributed by atoms with Gasteiger partial charge in [0.1, 0.15) is 11.5 Å². The highest BCUT2D eigenvalue weighted by Crippen LogP contribution is 2.26. The summed E-state index contributed by atoms with van der Waals surface area (Å²) in [5.41, 5.74) is 2.98. The van der Waals surface area contributed by atoms with Crippen LogP contribution in [-0.2, 0) is 16.1 Å². The lowest BCUT2D eigenvalue weighted by atomic mass is 10.2. The smallest absolute Gasteiger partial charge is 0.238 e. The monoisotopic (exact) mass is 431 g/mol. The van der Waals surface area contributed by atoms with E-state index in [1.54, 1.807) is 0 Å². The first-order valence-electron chi connectivity index (χ1n) is 10.9. The van der Waals surface area contributed by atoms with Crippen LogP contribution in [0.15, 0.2) is 78.9 Å². The third-order valence-electron chi connectivity index (χ3n) is 5.32. The molecule has 1 aliphatic rings. The lowest BCUT2D eigenvalue weighted by molar-refractivity contribution is -0.117. The molecule has 1 amide bonds. The number of hydrogen-bond donors (Lipinski definition) is 1. The summed E-state index contributed by atoms with van der Waals surface area (Å²) < 4.78 is 11.4. The van der Waals surface area contributed by atoms with Crippen LogP contribution >= 0.6 is 0 Å². The summed E-state index contributed by atoms with van der Waals surface area (Å²) in [5.74, 6) is 1.54. The Kier molecular flexibility index (Phi) is 7.38. The SMILES string of the molecule is CN(CC(=O)Nc1ccc(N2CCOCC2)cc1)Cc1ccccc1Oc1ccccc1. The summed E-state index contributed by atoms with van der Waals surface area (Å²) >= 11 is 0. The highest BCUT2D eigenvalue weighted by molar-refractivity contribution is 5.92. The van der Waals surface area contributed by atoms with Crippen LogP contribution in [0.25, 0.3) is 0 Å². The first-order valence-corrected chi connectivity index (χ1v) is 10.9. The molecule has 3 aromatic carbocycles. The van der Waals surface area contributed by atoms with Gasteiger partial charge in [-0.2, -0.15) is 0 Å². The van der Waals surface area contributed by atoms with Crippen molar-refractivity contribution in [1.29, 1.82) is 0 Å². The molecule has 0 saturated carbocycles. The van der Waals surface area contributed by atoms with Crippen LogP contribution in [0.3, 0.4) is 0 Å². The second-order valence-electron chi connectivity index (χ2n) is 7.89. The maximum atomic E-state index is 12.6. The Balaban J connectivity index is 1.30. The zero-order valence-corrected chi connectivity index (χ0v) is 18.4. The van der Waals surface area contributed by atoms with E-state index in [4.69, 9.17) is 9.47 Å². The molecule has 1 fully saturated rings. The van der Waals surface area contributed by atoms with Gasteiger partial charge in [0.15, 0.2) is 0 Å². The molecular weight excluding hydrogens is 402 g/mol. The quantitative estimate of drug-likeness (QED) is 0.573. The van der Waals surface area contributed by atoms with Gasteiger partial charge in [-0.15, -0.1) is 0 Å². The Morgan fingerprint density at radius 1 is 0.969 bits per heavy atom. The van der Waals surface area contributed by atoms with E-state index in [9.17, 15) is 4.79 Å². The van der Waals surface area contributed by atoms with Gasteiger partial charge in [0.25, 0.3) is 0 Å². The number of amides is 1. The molecule has 1 N–H and O–H groups in total. The van der Waals surface area contributed by atoms with Crippen molar-refractivity contribution < 1.29 is 14.3 Å². The van der Waals surface area contributed by atoms with Crippen LogP contribution in [0.1, 0.15) is 5.56 Å². The van der Waals surface area contributed by atoms with E-state index >= 15 is 0 Å². The second kappa shape index (κ2) is 10.8. The molecule has 0 atom stereocenters. The summed E-state index contributed by atoms with van der Waals surface area (Å²) in [6.45, 7) is 4.18. The number of morpholine rings is 1. The number of para-hydroxylation sites is 2. The average Bonchev–Trinajstić information content (AvgIpc) is 2.82. The fraction of sp³-hybridized carbons (Fsp3) is 0.269. The van der Waals surface area contributed by atoms with Crippen molar-refractivity contribution in [3.05, 3.63) is 84.4 Å². The van der Waals surface area contributed by atoms with Gasteiger partial charge in [-0.1, -0.05) is 36.4 Å². The molecule has 6 heteroatoms. The number of benzene rings is 3. The van der Waals surface area contributed by atoms with Crippen LogP contribution in [0, 0.1) is 0 Å². The van der Waals surface area contributed by atoms with Crippen LogP contribution in [0.5, 0.6) is 11.5 Å². The number of carbonyl (C=O) groups is 1. The number of rotatable bonds is 8. The number of likely N-dealkylation sites (N-methyl/N-ethyl adjacent to an activating group) is 1. The van der Waals surface area contributed by atoms with Crippen molar-refractivity contribution in [2.24, 2.45) is 0 Å². The van der Waals surface area contributed by atoms with Gasteiger partial charge in [0, 0.05) is 36.6 Å².